The monoisotopic (exact) mass is 623 g/mol. The van der Waals surface area contributed by atoms with E-state index in [1.54, 1.807) is 12.1 Å². The molecule has 4 aliphatic carbocycles. The van der Waals surface area contributed by atoms with Gasteiger partial charge in [0.15, 0.2) is 5.78 Å². The lowest BCUT2D eigenvalue weighted by Gasteiger charge is -2.60. The van der Waals surface area contributed by atoms with Crippen LogP contribution in [0, 0.1) is 34.4 Å². The van der Waals surface area contributed by atoms with Crippen LogP contribution >= 0.6 is 11.8 Å². The number of carbonyl (C=O) groups is 1. The zero-order valence-corrected chi connectivity index (χ0v) is 26.4. The molecule has 45 heavy (non-hydrogen) atoms. The molecule has 4 aromatic rings. The Labute approximate surface area is 266 Å². The fourth-order valence-electron chi connectivity index (χ4n) is 9.82. The number of aromatic nitrogens is 3. The molecule has 0 spiro atoms. The maximum atomic E-state index is 13.9. The highest BCUT2D eigenvalue weighted by atomic mass is 32.2. The van der Waals surface area contributed by atoms with Crippen LogP contribution < -0.4 is 0 Å². The SMILES string of the molecule is CC12Cc3cnn(-c4ccc(F)cc4)c3C=C1CCC1C2C(O)CC2(C)C1CC[C@]2(O)C(=O)CSc1ccc2ccccc2n1. The Morgan fingerprint density at radius 3 is 2.71 bits per heavy atom. The maximum absolute atomic E-state index is 13.9. The summed E-state index contributed by atoms with van der Waals surface area (Å²) in [6.45, 7) is 4.35. The van der Waals surface area contributed by atoms with Gasteiger partial charge in [0.05, 0.1) is 40.0 Å². The predicted molar refractivity (Wildman–Crippen MR) is 173 cm³/mol. The molecule has 0 saturated heterocycles. The first-order valence-electron chi connectivity index (χ1n) is 16.1. The standard InChI is InChI=1S/C37H38FN3O3S/c1-35-18-23-20-39-41(26-11-9-25(38)10-12-26)30(23)17-24(35)8-13-27-28-15-16-37(44,36(28,2)19-31(42)34(27)35)32(43)21-45-33-14-7-22-5-3-4-6-29(22)40-33/h3-7,9-12,14,17,20,27-28,31,34,42,44H,8,13,15-16,18-19,21H2,1-2H3/t27?,28?,31?,34?,35?,36?,37-/m0/s1. The topological polar surface area (TPSA) is 88.2 Å². The second-order valence-corrected chi connectivity index (χ2v) is 15.2. The van der Waals surface area contributed by atoms with Crippen LogP contribution in [0.2, 0.25) is 0 Å². The lowest BCUT2D eigenvalue weighted by Crippen LogP contribution is -2.62. The molecule has 0 bridgehead atoms. The summed E-state index contributed by atoms with van der Waals surface area (Å²) in [5, 5.41) is 30.7. The van der Waals surface area contributed by atoms with Gasteiger partial charge in [-0.25, -0.2) is 14.1 Å². The molecule has 0 aliphatic heterocycles. The van der Waals surface area contributed by atoms with E-state index < -0.39 is 17.1 Å². The number of benzene rings is 2. The first-order valence-corrected chi connectivity index (χ1v) is 17.1. The van der Waals surface area contributed by atoms with Gasteiger partial charge in [0.25, 0.3) is 0 Å². The van der Waals surface area contributed by atoms with Crippen molar-refractivity contribution in [2.24, 2.45) is 28.6 Å². The zero-order chi connectivity index (χ0) is 31.1. The second-order valence-electron chi connectivity index (χ2n) is 14.2. The van der Waals surface area contributed by atoms with Gasteiger partial charge in [-0.1, -0.05) is 55.4 Å². The Bertz CT molecular complexity index is 1860. The molecule has 2 heterocycles. The van der Waals surface area contributed by atoms with Gasteiger partial charge in [-0.3, -0.25) is 4.79 Å². The Hall–Kier alpha value is -3.33. The Morgan fingerprint density at radius 2 is 1.89 bits per heavy atom. The Kier molecular flexibility index (Phi) is 6.69. The second kappa shape index (κ2) is 10.3. The molecule has 6 nitrogen and oxygen atoms in total. The van der Waals surface area contributed by atoms with Gasteiger partial charge < -0.3 is 10.2 Å². The molecule has 6 unspecified atom stereocenters. The molecule has 0 amide bonds. The number of thioether (sulfide) groups is 1. The third kappa shape index (κ3) is 4.32. The van der Waals surface area contributed by atoms with E-state index in [4.69, 9.17) is 4.98 Å². The van der Waals surface area contributed by atoms with Crippen LogP contribution in [0.15, 0.2) is 77.5 Å². The summed E-state index contributed by atoms with van der Waals surface area (Å²) < 4.78 is 15.5. The molecule has 232 valence electrons. The molecule has 7 atom stereocenters. The number of hydrogen-bond donors (Lipinski definition) is 2. The fraction of sp³-hybridized carbons (Fsp3) is 0.432. The van der Waals surface area contributed by atoms with Crippen LogP contribution in [0.25, 0.3) is 22.7 Å². The van der Waals surface area contributed by atoms with E-state index in [-0.39, 0.29) is 40.5 Å². The third-order valence-electron chi connectivity index (χ3n) is 12.0. The smallest absolute Gasteiger partial charge is 0.175 e. The van der Waals surface area contributed by atoms with Gasteiger partial charge in [0.1, 0.15) is 11.4 Å². The average molecular weight is 624 g/mol. The molecule has 4 aliphatic rings. The minimum absolute atomic E-state index is 0.0338. The maximum Gasteiger partial charge on any atom is 0.175 e. The number of allylic oxidation sites excluding steroid dienone is 1. The molecule has 2 aromatic carbocycles. The van der Waals surface area contributed by atoms with E-state index in [1.165, 1.54) is 29.5 Å². The van der Waals surface area contributed by atoms with Crippen molar-refractivity contribution in [3.8, 4) is 5.69 Å². The molecule has 3 fully saturated rings. The third-order valence-corrected chi connectivity index (χ3v) is 13.0. The predicted octanol–water partition coefficient (Wildman–Crippen LogP) is 6.81. The van der Waals surface area contributed by atoms with Gasteiger partial charge in [-0.05, 0) is 110 Å². The van der Waals surface area contributed by atoms with Gasteiger partial charge in [0.2, 0.25) is 0 Å². The van der Waals surface area contributed by atoms with E-state index >= 15 is 0 Å². The molecule has 0 radical (unpaired) electrons. The number of rotatable bonds is 5. The van der Waals surface area contributed by atoms with Crippen molar-refractivity contribution in [3.05, 3.63) is 89.5 Å². The summed E-state index contributed by atoms with van der Waals surface area (Å²) in [7, 11) is 0. The number of halogens is 1. The van der Waals surface area contributed by atoms with Crippen molar-refractivity contribution in [2.75, 3.05) is 5.75 Å². The van der Waals surface area contributed by atoms with Crippen LogP contribution in [-0.4, -0.2) is 48.2 Å². The van der Waals surface area contributed by atoms with Crippen LogP contribution in [0.3, 0.4) is 0 Å². The number of carbonyl (C=O) groups excluding carboxylic acids is 1. The normalized spacial score (nSPS) is 33.6. The molecular weight excluding hydrogens is 585 g/mol. The molecule has 2 aromatic heterocycles. The number of Topliss-reactive ketones (excluding diaryl/α,β-unsaturated/α-hetero) is 1. The molecule has 8 heteroatoms. The number of aliphatic hydroxyl groups is 2. The lowest BCUT2D eigenvalue weighted by molar-refractivity contribution is -0.177. The quantitative estimate of drug-likeness (QED) is 0.238. The van der Waals surface area contributed by atoms with Gasteiger partial charge in [-0.15, -0.1) is 0 Å². The first-order chi connectivity index (χ1) is 21.6. The van der Waals surface area contributed by atoms with E-state index in [2.05, 4.69) is 25.0 Å². The summed E-state index contributed by atoms with van der Waals surface area (Å²) in [5.41, 5.74) is 2.80. The summed E-state index contributed by atoms with van der Waals surface area (Å²) in [6, 6.07) is 18.3. The highest BCUT2D eigenvalue weighted by Crippen LogP contribution is 2.67. The minimum atomic E-state index is -1.47. The largest absolute Gasteiger partial charge is 0.393 e. The van der Waals surface area contributed by atoms with E-state index in [9.17, 15) is 19.4 Å². The van der Waals surface area contributed by atoms with Gasteiger partial charge >= 0.3 is 0 Å². The zero-order valence-electron chi connectivity index (χ0n) is 25.6. The Balaban J connectivity index is 1.04. The number of fused-ring (bicyclic) bond motifs is 7. The van der Waals surface area contributed by atoms with Crippen LogP contribution in [0.5, 0.6) is 0 Å². The molecule has 2 N–H and O–H groups in total. The average Bonchev–Trinajstić information content (AvgIpc) is 3.55. The number of nitrogens with zero attached hydrogens (tertiary/aromatic N) is 3. The van der Waals surface area contributed by atoms with Crippen LogP contribution in [0.4, 0.5) is 4.39 Å². The number of aliphatic hydroxyl groups excluding tert-OH is 1. The van der Waals surface area contributed by atoms with Crippen molar-refractivity contribution in [2.45, 2.75) is 69.1 Å². The number of hydrogen-bond acceptors (Lipinski definition) is 6. The van der Waals surface area contributed by atoms with Crippen molar-refractivity contribution in [1.82, 2.24) is 14.8 Å². The summed E-state index contributed by atoms with van der Waals surface area (Å²) in [4.78, 5) is 18.6. The first kappa shape index (κ1) is 29.1. The minimum Gasteiger partial charge on any atom is -0.393 e. The van der Waals surface area contributed by atoms with Gasteiger partial charge in [0, 0.05) is 10.8 Å². The van der Waals surface area contributed by atoms with Crippen molar-refractivity contribution >= 4 is 34.5 Å². The number of para-hydroxylation sites is 1. The van der Waals surface area contributed by atoms with Crippen molar-refractivity contribution in [3.63, 3.8) is 0 Å². The van der Waals surface area contributed by atoms with Crippen LogP contribution in [0.1, 0.15) is 57.2 Å². The number of pyridine rings is 1. The fourth-order valence-corrected chi connectivity index (χ4v) is 10.7. The van der Waals surface area contributed by atoms with E-state index in [1.807, 2.05) is 47.3 Å². The number of ketones is 1. The molecule has 3 saturated carbocycles. The molecule has 8 rings (SSSR count). The highest BCUT2D eigenvalue weighted by molar-refractivity contribution is 7.99. The summed E-state index contributed by atoms with van der Waals surface area (Å²) >= 11 is 1.38. The highest BCUT2D eigenvalue weighted by Gasteiger charge is 2.68. The molecular formula is C37H38FN3O3S. The van der Waals surface area contributed by atoms with E-state index in [0.717, 1.165) is 58.6 Å². The summed E-state index contributed by atoms with van der Waals surface area (Å²) in [5.74, 6) is 0.127. The Morgan fingerprint density at radius 1 is 1.09 bits per heavy atom. The lowest BCUT2D eigenvalue weighted by atomic mass is 9.45. The summed E-state index contributed by atoms with van der Waals surface area (Å²) in [6.07, 6.45) is 7.75. The van der Waals surface area contributed by atoms with Gasteiger partial charge in [-0.2, -0.15) is 5.10 Å². The van der Waals surface area contributed by atoms with Crippen molar-refractivity contribution in [1.29, 1.82) is 0 Å². The van der Waals surface area contributed by atoms with E-state index in [0.29, 0.717) is 12.8 Å². The van der Waals surface area contributed by atoms with Crippen molar-refractivity contribution < 1.29 is 19.4 Å². The van der Waals surface area contributed by atoms with Crippen LogP contribution in [-0.2, 0) is 11.2 Å².